The largest absolute Gasteiger partial charge is 0.468 e. The molecule has 11 heavy (non-hydrogen) atoms. The summed E-state index contributed by atoms with van der Waals surface area (Å²) >= 11 is 0. The van der Waals surface area contributed by atoms with Gasteiger partial charge in [-0.05, 0) is 6.92 Å². The second-order valence-corrected chi connectivity index (χ2v) is 2.03. The van der Waals surface area contributed by atoms with Crippen LogP contribution in [0.4, 0.5) is 0 Å². The molecule has 1 heterocycles. The molecule has 0 atom stereocenters. The molecule has 5 heteroatoms. The lowest BCUT2D eigenvalue weighted by Gasteiger charge is -2.15. The third kappa shape index (κ3) is 1.83. The highest BCUT2D eigenvalue weighted by molar-refractivity contribution is 5.94. The van der Waals surface area contributed by atoms with Gasteiger partial charge < -0.3 is 9.47 Å². The zero-order valence-corrected chi connectivity index (χ0v) is 6.79. The lowest BCUT2D eigenvalue weighted by molar-refractivity contribution is 0.347. The van der Waals surface area contributed by atoms with Gasteiger partial charge in [0.1, 0.15) is 6.17 Å². The molecule has 0 aromatic rings. The highest BCUT2D eigenvalue weighted by atomic mass is 16.5. The lowest BCUT2D eigenvalue weighted by Crippen LogP contribution is -2.37. The van der Waals surface area contributed by atoms with Gasteiger partial charge in [-0.25, -0.2) is 9.98 Å². The number of hydrogen-bond donors (Lipinski definition) is 1. The number of amidine groups is 2. The van der Waals surface area contributed by atoms with Gasteiger partial charge in [-0.15, -0.1) is 0 Å². The number of nitrogens with zero attached hydrogens (tertiary/aromatic N) is 2. The maximum atomic E-state index is 4.87. The van der Waals surface area contributed by atoms with Crippen LogP contribution in [0.5, 0.6) is 0 Å². The number of ether oxygens (including phenoxy) is 2. The summed E-state index contributed by atoms with van der Waals surface area (Å²) in [5.41, 5.74) is 0. The Labute approximate surface area is 65.1 Å². The van der Waals surface area contributed by atoms with E-state index >= 15 is 0 Å². The minimum absolute atomic E-state index is 0.138. The van der Waals surface area contributed by atoms with Crippen LogP contribution in [0.2, 0.25) is 0 Å². The zero-order valence-electron chi connectivity index (χ0n) is 6.79. The second kappa shape index (κ2) is 3.23. The van der Waals surface area contributed by atoms with E-state index in [2.05, 4.69) is 15.3 Å². The van der Waals surface area contributed by atoms with Gasteiger partial charge in [-0.3, -0.25) is 5.32 Å². The molecule has 1 rings (SSSR count). The first kappa shape index (κ1) is 7.84. The van der Waals surface area contributed by atoms with Gasteiger partial charge in [-0.2, -0.15) is 0 Å². The molecule has 0 aliphatic carbocycles. The standard InChI is InChI=1S/C6H11N3O2/c1-4-7-5(10-2)9-6(8-4)11-3/h4H,1-3H3,(H,7,8,9). The molecule has 0 amide bonds. The number of methoxy groups -OCH3 is 2. The van der Waals surface area contributed by atoms with Crippen LogP contribution in [0.25, 0.3) is 0 Å². The van der Waals surface area contributed by atoms with E-state index in [1.807, 2.05) is 6.92 Å². The lowest BCUT2D eigenvalue weighted by atomic mass is 10.6. The fourth-order valence-electron chi connectivity index (χ4n) is 0.732. The third-order valence-electron chi connectivity index (χ3n) is 1.21. The summed E-state index contributed by atoms with van der Waals surface area (Å²) in [6, 6.07) is 0.869. The van der Waals surface area contributed by atoms with Crippen LogP contribution in [0.3, 0.4) is 0 Å². The molecule has 0 saturated heterocycles. The fourth-order valence-corrected chi connectivity index (χ4v) is 0.732. The van der Waals surface area contributed by atoms with Crippen LogP contribution in [0.15, 0.2) is 9.98 Å². The average molecular weight is 157 g/mol. The maximum absolute atomic E-state index is 4.87. The topological polar surface area (TPSA) is 55.2 Å². The normalized spacial score (nSPS) is 18.1. The van der Waals surface area contributed by atoms with E-state index in [1.165, 1.54) is 14.2 Å². The molecule has 0 fully saturated rings. The third-order valence-corrected chi connectivity index (χ3v) is 1.21. The highest BCUT2D eigenvalue weighted by Gasteiger charge is 2.12. The first-order chi connectivity index (χ1) is 5.26. The predicted molar refractivity (Wildman–Crippen MR) is 41.5 cm³/mol. The first-order valence-electron chi connectivity index (χ1n) is 3.27. The van der Waals surface area contributed by atoms with E-state index in [0.717, 1.165) is 0 Å². The summed E-state index contributed by atoms with van der Waals surface area (Å²) in [6.07, 6.45) is -0.138. The number of aliphatic imine (C=N–C) groups is 2. The zero-order chi connectivity index (χ0) is 8.27. The van der Waals surface area contributed by atoms with E-state index in [4.69, 9.17) is 9.47 Å². The Kier molecular flexibility index (Phi) is 2.30. The number of nitrogens with one attached hydrogen (secondary N) is 1. The average Bonchev–Trinajstić information content (AvgIpc) is 2.03. The molecular weight excluding hydrogens is 146 g/mol. The molecule has 5 nitrogen and oxygen atoms in total. The van der Waals surface area contributed by atoms with Crippen LogP contribution in [0, 0.1) is 0 Å². The Bertz CT molecular complexity index is 180. The van der Waals surface area contributed by atoms with Gasteiger partial charge in [0, 0.05) is 0 Å². The Balaban J connectivity index is 2.64. The molecule has 0 saturated carbocycles. The summed E-state index contributed by atoms with van der Waals surface area (Å²) < 4.78 is 9.74. The molecule has 0 aromatic carbocycles. The molecule has 0 radical (unpaired) electrons. The number of rotatable bonds is 0. The van der Waals surface area contributed by atoms with Crippen molar-refractivity contribution in [3.63, 3.8) is 0 Å². The molecule has 62 valence electrons. The van der Waals surface area contributed by atoms with Crippen molar-refractivity contribution in [3.8, 4) is 0 Å². The maximum Gasteiger partial charge on any atom is 0.294 e. The molecule has 0 aromatic heterocycles. The summed E-state index contributed by atoms with van der Waals surface area (Å²) in [7, 11) is 3.08. The van der Waals surface area contributed by atoms with Crippen LogP contribution in [-0.2, 0) is 9.47 Å². The minimum atomic E-state index is -0.138. The molecule has 1 aliphatic rings. The summed E-state index contributed by atoms with van der Waals surface area (Å²) in [5.74, 6) is 0. The fraction of sp³-hybridized carbons (Fsp3) is 0.667. The van der Waals surface area contributed by atoms with Crippen molar-refractivity contribution in [2.45, 2.75) is 13.1 Å². The van der Waals surface area contributed by atoms with Gasteiger partial charge in [0.15, 0.2) is 0 Å². The van der Waals surface area contributed by atoms with E-state index in [9.17, 15) is 0 Å². The molecular formula is C6H11N3O2. The van der Waals surface area contributed by atoms with Crippen molar-refractivity contribution in [3.05, 3.63) is 0 Å². The Hall–Kier alpha value is -1.26. The van der Waals surface area contributed by atoms with Gasteiger partial charge in [0.05, 0.1) is 14.2 Å². The SMILES string of the molecule is COC1=NC(C)N=C(OC)N1. The monoisotopic (exact) mass is 157 g/mol. The van der Waals surface area contributed by atoms with Gasteiger partial charge in [-0.1, -0.05) is 0 Å². The van der Waals surface area contributed by atoms with Gasteiger partial charge >= 0.3 is 0 Å². The number of hydrogen-bond acceptors (Lipinski definition) is 5. The summed E-state index contributed by atoms with van der Waals surface area (Å²) in [5, 5.41) is 2.74. The minimum Gasteiger partial charge on any atom is -0.468 e. The molecule has 0 bridgehead atoms. The van der Waals surface area contributed by atoms with Crippen molar-refractivity contribution in [2.24, 2.45) is 9.98 Å². The van der Waals surface area contributed by atoms with Crippen molar-refractivity contribution in [1.82, 2.24) is 5.32 Å². The predicted octanol–water partition coefficient (Wildman–Crippen LogP) is -0.0596. The summed E-state index contributed by atoms with van der Waals surface area (Å²) in [6.45, 7) is 1.85. The molecule has 0 unspecified atom stereocenters. The van der Waals surface area contributed by atoms with Crippen LogP contribution < -0.4 is 5.32 Å². The van der Waals surface area contributed by atoms with Gasteiger partial charge in [0.25, 0.3) is 12.0 Å². The van der Waals surface area contributed by atoms with E-state index < -0.39 is 0 Å². The van der Waals surface area contributed by atoms with Crippen LogP contribution in [-0.4, -0.2) is 32.4 Å². The van der Waals surface area contributed by atoms with Crippen LogP contribution >= 0.6 is 0 Å². The van der Waals surface area contributed by atoms with Crippen molar-refractivity contribution >= 4 is 12.0 Å². The van der Waals surface area contributed by atoms with E-state index in [1.54, 1.807) is 0 Å². The van der Waals surface area contributed by atoms with Crippen molar-refractivity contribution in [2.75, 3.05) is 14.2 Å². The first-order valence-corrected chi connectivity index (χ1v) is 3.27. The Morgan fingerprint density at radius 3 is 2.00 bits per heavy atom. The van der Waals surface area contributed by atoms with Crippen LogP contribution in [0.1, 0.15) is 6.92 Å². The van der Waals surface area contributed by atoms with Gasteiger partial charge in [0.2, 0.25) is 0 Å². The molecule has 0 spiro atoms. The molecule has 1 N–H and O–H groups in total. The van der Waals surface area contributed by atoms with Crippen molar-refractivity contribution < 1.29 is 9.47 Å². The Morgan fingerprint density at radius 1 is 1.18 bits per heavy atom. The van der Waals surface area contributed by atoms with E-state index in [0.29, 0.717) is 12.0 Å². The molecule has 1 aliphatic heterocycles. The van der Waals surface area contributed by atoms with E-state index in [-0.39, 0.29) is 6.17 Å². The Morgan fingerprint density at radius 2 is 1.64 bits per heavy atom. The van der Waals surface area contributed by atoms with Crippen molar-refractivity contribution in [1.29, 1.82) is 0 Å². The smallest absolute Gasteiger partial charge is 0.294 e. The quantitative estimate of drug-likeness (QED) is 0.536. The highest BCUT2D eigenvalue weighted by Crippen LogP contribution is 1.98. The summed E-state index contributed by atoms with van der Waals surface area (Å²) in [4.78, 5) is 8.03. The second-order valence-electron chi connectivity index (χ2n) is 2.03.